The second-order valence-electron chi connectivity index (χ2n) is 3.85. The molecular formula is C11H14N4S. The summed E-state index contributed by atoms with van der Waals surface area (Å²) in [6.45, 7) is 0.553. The summed E-state index contributed by atoms with van der Waals surface area (Å²) in [4.78, 5) is 6.03. The zero-order valence-corrected chi connectivity index (χ0v) is 9.76. The lowest BCUT2D eigenvalue weighted by molar-refractivity contribution is 0.382. The Morgan fingerprint density at radius 1 is 1.62 bits per heavy atom. The molecule has 0 atom stereocenters. The van der Waals surface area contributed by atoms with Crippen molar-refractivity contribution in [2.24, 2.45) is 10.7 Å². The van der Waals surface area contributed by atoms with E-state index in [1.807, 2.05) is 12.1 Å². The van der Waals surface area contributed by atoms with E-state index in [2.05, 4.69) is 16.4 Å². The molecule has 1 aromatic heterocycles. The molecule has 3 N–H and O–H groups in total. The van der Waals surface area contributed by atoms with E-state index in [0.717, 1.165) is 9.75 Å². The van der Waals surface area contributed by atoms with Crippen molar-refractivity contribution in [3.8, 4) is 6.07 Å². The highest BCUT2D eigenvalue weighted by molar-refractivity contribution is 7.12. The molecular weight excluding hydrogens is 220 g/mol. The third-order valence-electron chi connectivity index (χ3n) is 2.63. The van der Waals surface area contributed by atoms with Crippen molar-refractivity contribution in [2.75, 3.05) is 0 Å². The van der Waals surface area contributed by atoms with E-state index >= 15 is 0 Å². The van der Waals surface area contributed by atoms with Gasteiger partial charge in [0.05, 0.1) is 6.54 Å². The van der Waals surface area contributed by atoms with Gasteiger partial charge >= 0.3 is 0 Å². The summed E-state index contributed by atoms with van der Waals surface area (Å²) in [6, 6.07) is 6.35. The maximum Gasteiger partial charge on any atom is 0.189 e. The summed E-state index contributed by atoms with van der Waals surface area (Å²) in [5.74, 6) is 0.511. The van der Waals surface area contributed by atoms with Gasteiger partial charge in [0.2, 0.25) is 0 Å². The Hall–Kier alpha value is -1.54. The molecule has 1 saturated carbocycles. The third-order valence-corrected chi connectivity index (χ3v) is 3.61. The molecule has 84 valence electrons. The molecule has 5 heteroatoms. The summed E-state index contributed by atoms with van der Waals surface area (Å²) in [7, 11) is 0. The Balaban J connectivity index is 1.84. The van der Waals surface area contributed by atoms with Crippen LogP contribution in [0, 0.1) is 11.3 Å². The Morgan fingerprint density at radius 3 is 3.00 bits per heavy atom. The normalized spacial score (nSPS) is 16.6. The van der Waals surface area contributed by atoms with Crippen molar-refractivity contribution in [3.63, 3.8) is 0 Å². The first kappa shape index (κ1) is 11.0. The molecule has 1 aliphatic carbocycles. The van der Waals surface area contributed by atoms with Crippen LogP contribution in [0.5, 0.6) is 0 Å². The van der Waals surface area contributed by atoms with Gasteiger partial charge in [-0.1, -0.05) is 0 Å². The zero-order chi connectivity index (χ0) is 11.4. The number of nitrogens with one attached hydrogen (secondary N) is 1. The number of nitrogens with zero attached hydrogens (tertiary/aromatic N) is 2. The largest absolute Gasteiger partial charge is 0.370 e. The van der Waals surface area contributed by atoms with Crippen molar-refractivity contribution in [3.05, 3.63) is 21.9 Å². The van der Waals surface area contributed by atoms with Crippen LogP contribution in [0.3, 0.4) is 0 Å². The van der Waals surface area contributed by atoms with Gasteiger partial charge in [0, 0.05) is 10.9 Å². The molecule has 0 aliphatic heterocycles. The Bertz CT molecular complexity index is 425. The third kappa shape index (κ3) is 2.74. The highest BCUT2D eigenvalue weighted by Gasteiger charge is 2.17. The van der Waals surface area contributed by atoms with Crippen LogP contribution in [0.15, 0.2) is 17.1 Å². The van der Waals surface area contributed by atoms with E-state index in [1.165, 1.54) is 30.6 Å². The fourth-order valence-electron chi connectivity index (χ4n) is 1.49. The van der Waals surface area contributed by atoms with Gasteiger partial charge < -0.3 is 11.1 Å². The van der Waals surface area contributed by atoms with Crippen LogP contribution in [-0.4, -0.2) is 12.0 Å². The van der Waals surface area contributed by atoms with Gasteiger partial charge in [-0.15, -0.1) is 11.3 Å². The van der Waals surface area contributed by atoms with Crippen LogP contribution < -0.4 is 11.1 Å². The van der Waals surface area contributed by atoms with E-state index in [9.17, 15) is 0 Å². The number of thiophene rings is 1. The molecule has 0 aromatic carbocycles. The van der Waals surface area contributed by atoms with Crippen molar-refractivity contribution in [2.45, 2.75) is 31.8 Å². The molecule has 0 radical (unpaired) electrons. The minimum Gasteiger partial charge on any atom is -0.370 e. The second kappa shape index (κ2) is 4.99. The number of nitriles is 1. The molecule has 1 heterocycles. The quantitative estimate of drug-likeness (QED) is 0.616. The second-order valence-corrected chi connectivity index (χ2v) is 5.02. The van der Waals surface area contributed by atoms with Crippen LogP contribution in [0.25, 0.3) is 0 Å². The van der Waals surface area contributed by atoms with Gasteiger partial charge in [-0.2, -0.15) is 5.26 Å². The van der Waals surface area contributed by atoms with E-state index in [4.69, 9.17) is 11.0 Å². The van der Waals surface area contributed by atoms with Gasteiger partial charge in [0.25, 0.3) is 0 Å². The lowest BCUT2D eigenvalue weighted by Gasteiger charge is -2.26. The van der Waals surface area contributed by atoms with Crippen molar-refractivity contribution in [1.82, 2.24) is 5.32 Å². The highest BCUT2D eigenvalue weighted by atomic mass is 32.1. The van der Waals surface area contributed by atoms with Crippen LogP contribution >= 0.6 is 11.3 Å². The molecule has 1 fully saturated rings. The van der Waals surface area contributed by atoms with Gasteiger partial charge in [0.15, 0.2) is 5.96 Å². The van der Waals surface area contributed by atoms with Gasteiger partial charge in [-0.3, -0.25) is 0 Å². The van der Waals surface area contributed by atoms with E-state index in [-0.39, 0.29) is 0 Å². The molecule has 16 heavy (non-hydrogen) atoms. The topological polar surface area (TPSA) is 74.2 Å². The van der Waals surface area contributed by atoms with Crippen LogP contribution in [0.1, 0.15) is 29.0 Å². The van der Waals surface area contributed by atoms with Crippen molar-refractivity contribution in [1.29, 1.82) is 5.26 Å². The average Bonchev–Trinajstić information content (AvgIpc) is 2.68. The lowest BCUT2D eigenvalue weighted by Crippen LogP contribution is -2.43. The first-order valence-electron chi connectivity index (χ1n) is 5.33. The summed E-state index contributed by atoms with van der Waals surface area (Å²) in [5.41, 5.74) is 5.75. The van der Waals surface area contributed by atoms with E-state index < -0.39 is 0 Å². The fraction of sp³-hybridized carbons (Fsp3) is 0.455. The molecule has 0 bridgehead atoms. The molecule has 2 rings (SSSR count). The maximum absolute atomic E-state index is 8.67. The molecule has 1 aromatic rings. The SMILES string of the molecule is N#Cc1ccc(CN=C(N)NC2CCC2)s1. The Kier molecular flexibility index (Phi) is 3.42. The van der Waals surface area contributed by atoms with Gasteiger partial charge in [-0.25, -0.2) is 4.99 Å². The van der Waals surface area contributed by atoms with Gasteiger partial charge in [0.1, 0.15) is 10.9 Å². The molecule has 0 unspecified atom stereocenters. The standard InChI is InChI=1S/C11H14N4S/c12-6-9-4-5-10(16-9)7-14-11(13)15-8-2-1-3-8/h4-5,8H,1-3,7H2,(H3,13,14,15). The summed E-state index contributed by atoms with van der Waals surface area (Å²) < 4.78 is 0. The number of aliphatic imine (C=N–C) groups is 1. The number of nitrogens with two attached hydrogens (primary N) is 1. The first-order valence-corrected chi connectivity index (χ1v) is 6.15. The predicted molar refractivity (Wildman–Crippen MR) is 65.1 cm³/mol. The molecule has 0 amide bonds. The minimum atomic E-state index is 0.511. The predicted octanol–water partition coefficient (Wildman–Crippen LogP) is 1.58. The summed E-state index contributed by atoms with van der Waals surface area (Å²) in [6.07, 6.45) is 3.66. The molecule has 0 spiro atoms. The first-order chi connectivity index (χ1) is 7.78. The van der Waals surface area contributed by atoms with Crippen LogP contribution in [-0.2, 0) is 6.54 Å². The lowest BCUT2D eigenvalue weighted by atomic mass is 9.93. The van der Waals surface area contributed by atoms with E-state index in [1.54, 1.807) is 0 Å². The number of hydrogen-bond donors (Lipinski definition) is 2. The monoisotopic (exact) mass is 234 g/mol. The highest BCUT2D eigenvalue weighted by Crippen LogP contribution is 2.18. The van der Waals surface area contributed by atoms with Crippen LogP contribution in [0.2, 0.25) is 0 Å². The van der Waals surface area contributed by atoms with Crippen molar-refractivity contribution < 1.29 is 0 Å². The van der Waals surface area contributed by atoms with Crippen molar-refractivity contribution >= 4 is 17.3 Å². The number of guanidine groups is 1. The Labute approximate surface area is 98.8 Å². The smallest absolute Gasteiger partial charge is 0.189 e. The van der Waals surface area contributed by atoms with E-state index in [0.29, 0.717) is 18.5 Å². The number of rotatable bonds is 3. The van der Waals surface area contributed by atoms with Gasteiger partial charge in [-0.05, 0) is 31.4 Å². The fourth-order valence-corrected chi connectivity index (χ4v) is 2.22. The minimum absolute atomic E-state index is 0.511. The van der Waals surface area contributed by atoms with Crippen LogP contribution in [0.4, 0.5) is 0 Å². The summed E-state index contributed by atoms with van der Waals surface area (Å²) >= 11 is 1.46. The molecule has 1 aliphatic rings. The maximum atomic E-state index is 8.67. The Morgan fingerprint density at radius 2 is 2.44 bits per heavy atom. The average molecular weight is 234 g/mol. The number of hydrogen-bond acceptors (Lipinski definition) is 3. The summed E-state index contributed by atoms with van der Waals surface area (Å²) in [5, 5.41) is 11.8. The molecule has 0 saturated heterocycles. The molecule has 4 nitrogen and oxygen atoms in total. The zero-order valence-electron chi connectivity index (χ0n) is 8.94.